The van der Waals surface area contributed by atoms with Gasteiger partial charge >= 0.3 is 0 Å². The molecule has 1 unspecified atom stereocenters. The van der Waals surface area contributed by atoms with Gasteiger partial charge < -0.3 is 24.8 Å². The fourth-order valence-corrected chi connectivity index (χ4v) is 4.39. The SMILES string of the molecule is CN=C(NCCCOCC1CCOC1)NCC1(c2cccc(OC)c2)CCCC1.I. The van der Waals surface area contributed by atoms with E-state index < -0.39 is 0 Å². The molecule has 2 aliphatic rings. The Hall–Kier alpha value is -1.06. The van der Waals surface area contributed by atoms with Gasteiger partial charge in [0.25, 0.3) is 0 Å². The van der Waals surface area contributed by atoms with E-state index in [9.17, 15) is 0 Å². The number of nitrogens with one attached hydrogen (secondary N) is 2. The predicted octanol–water partition coefficient (Wildman–Crippen LogP) is 3.73. The van der Waals surface area contributed by atoms with Gasteiger partial charge in [0.15, 0.2) is 5.96 Å². The van der Waals surface area contributed by atoms with E-state index in [2.05, 4.69) is 33.8 Å². The number of hydrogen-bond donors (Lipinski definition) is 2. The van der Waals surface area contributed by atoms with Crippen LogP contribution in [0.4, 0.5) is 0 Å². The fourth-order valence-electron chi connectivity index (χ4n) is 4.39. The molecule has 170 valence electrons. The van der Waals surface area contributed by atoms with Crippen LogP contribution in [0.25, 0.3) is 0 Å². The molecule has 1 aromatic rings. The summed E-state index contributed by atoms with van der Waals surface area (Å²) in [6.45, 7) is 5.06. The predicted molar refractivity (Wildman–Crippen MR) is 132 cm³/mol. The minimum absolute atomic E-state index is 0. The Labute approximate surface area is 198 Å². The molecule has 7 heteroatoms. The lowest BCUT2D eigenvalue weighted by Gasteiger charge is -2.31. The van der Waals surface area contributed by atoms with Gasteiger partial charge in [-0.1, -0.05) is 25.0 Å². The molecule has 1 saturated heterocycles. The van der Waals surface area contributed by atoms with Crippen LogP contribution in [0.3, 0.4) is 0 Å². The fraction of sp³-hybridized carbons (Fsp3) is 0.696. The average Bonchev–Trinajstić information content (AvgIpc) is 3.45. The zero-order valence-corrected chi connectivity index (χ0v) is 20.8. The van der Waals surface area contributed by atoms with Crippen molar-refractivity contribution >= 4 is 29.9 Å². The van der Waals surface area contributed by atoms with E-state index in [1.165, 1.54) is 31.2 Å². The molecule has 1 aliphatic heterocycles. The summed E-state index contributed by atoms with van der Waals surface area (Å²) < 4.78 is 16.6. The first-order valence-electron chi connectivity index (χ1n) is 11.0. The van der Waals surface area contributed by atoms with Gasteiger partial charge in [0, 0.05) is 44.7 Å². The first-order chi connectivity index (χ1) is 14.3. The van der Waals surface area contributed by atoms with E-state index >= 15 is 0 Å². The molecule has 0 amide bonds. The highest BCUT2D eigenvalue weighted by molar-refractivity contribution is 14.0. The quantitative estimate of drug-likeness (QED) is 0.209. The van der Waals surface area contributed by atoms with E-state index in [4.69, 9.17) is 14.2 Å². The average molecular weight is 531 g/mol. The third kappa shape index (κ3) is 7.27. The molecule has 1 heterocycles. The lowest BCUT2D eigenvalue weighted by molar-refractivity contribution is 0.0888. The van der Waals surface area contributed by atoms with Crippen molar-refractivity contribution < 1.29 is 14.2 Å². The topological polar surface area (TPSA) is 64.1 Å². The van der Waals surface area contributed by atoms with Crippen LogP contribution in [0.5, 0.6) is 5.75 Å². The number of halogens is 1. The standard InChI is InChI=1S/C23H37N3O3.HI/c1-24-22(25-12-6-13-28-16-19-9-14-29-17-19)26-18-23(10-3-4-11-23)20-7-5-8-21(15-20)27-2;/h5,7-8,15,19H,3-4,6,9-14,16-18H2,1-2H3,(H2,24,25,26);1H. The van der Waals surface area contributed by atoms with Gasteiger partial charge in [-0.15, -0.1) is 24.0 Å². The molecule has 0 bridgehead atoms. The van der Waals surface area contributed by atoms with Crippen LogP contribution in [0, 0.1) is 5.92 Å². The van der Waals surface area contributed by atoms with E-state index in [0.717, 1.165) is 64.1 Å². The summed E-state index contributed by atoms with van der Waals surface area (Å²) >= 11 is 0. The number of methoxy groups -OCH3 is 1. The molecule has 1 saturated carbocycles. The van der Waals surface area contributed by atoms with Crippen LogP contribution in [-0.4, -0.2) is 59.6 Å². The molecule has 6 nitrogen and oxygen atoms in total. The summed E-state index contributed by atoms with van der Waals surface area (Å²) in [5.74, 6) is 2.38. The lowest BCUT2D eigenvalue weighted by atomic mass is 9.78. The van der Waals surface area contributed by atoms with E-state index in [1.54, 1.807) is 7.11 Å². The third-order valence-electron chi connectivity index (χ3n) is 6.20. The maximum absolute atomic E-state index is 5.78. The summed E-state index contributed by atoms with van der Waals surface area (Å²) in [6.07, 6.45) is 7.04. The highest BCUT2D eigenvalue weighted by Crippen LogP contribution is 2.41. The minimum atomic E-state index is 0. The normalized spacial score (nSPS) is 20.6. The smallest absolute Gasteiger partial charge is 0.191 e. The van der Waals surface area contributed by atoms with Crippen molar-refractivity contribution in [3.05, 3.63) is 29.8 Å². The monoisotopic (exact) mass is 531 g/mol. The largest absolute Gasteiger partial charge is 0.497 e. The summed E-state index contributed by atoms with van der Waals surface area (Å²) in [6, 6.07) is 8.54. The van der Waals surface area contributed by atoms with Crippen LogP contribution < -0.4 is 15.4 Å². The molecule has 1 atom stereocenters. The van der Waals surface area contributed by atoms with Crippen molar-refractivity contribution in [2.75, 3.05) is 53.7 Å². The highest BCUT2D eigenvalue weighted by atomic mass is 127. The van der Waals surface area contributed by atoms with Gasteiger partial charge in [-0.25, -0.2) is 0 Å². The van der Waals surface area contributed by atoms with Crippen molar-refractivity contribution in [2.45, 2.75) is 43.9 Å². The van der Waals surface area contributed by atoms with Gasteiger partial charge in [0.1, 0.15) is 5.75 Å². The molecule has 3 rings (SSSR count). The first-order valence-corrected chi connectivity index (χ1v) is 11.0. The van der Waals surface area contributed by atoms with Crippen LogP contribution in [0.2, 0.25) is 0 Å². The Morgan fingerprint density at radius 1 is 1.27 bits per heavy atom. The van der Waals surface area contributed by atoms with E-state index in [1.807, 2.05) is 13.1 Å². The second kappa shape index (κ2) is 13.4. The summed E-state index contributed by atoms with van der Waals surface area (Å²) in [5.41, 5.74) is 1.51. The third-order valence-corrected chi connectivity index (χ3v) is 6.20. The van der Waals surface area contributed by atoms with Crippen LogP contribution in [0.1, 0.15) is 44.1 Å². The number of rotatable bonds is 10. The Morgan fingerprint density at radius 3 is 2.80 bits per heavy atom. The molecule has 0 spiro atoms. The molecule has 0 aromatic heterocycles. The zero-order valence-electron chi connectivity index (χ0n) is 18.5. The summed E-state index contributed by atoms with van der Waals surface area (Å²) in [4.78, 5) is 4.40. The van der Waals surface area contributed by atoms with Crippen molar-refractivity contribution in [3.63, 3.8) is 0 Å². The Balaban J connectivity index is 0.00000320. The second-order valence-corrected chi connectivity index (χ2v) is 8.23. The van der Waals surface area contributed by atoms with Gasteiger partial charge in [-0.3, -0.25) is 4.99 Å². The molecular weight excluding hydrogens is 493 g/mol. The minimum Gasteiger partial charge on any atom is -0.497 e. The number of benzene rings is 1. The lowest BCUT2D eigenvalue weighted by Crippen LogP contribution is -2.45. The molecule has 0 radical (unpaired) electrons. The second-order valence-electron chi connectivity index (χ2n) is 8.23. The van der Waals surface area contributed by atoms with Crippen LogP contribution in [-0.2, 0) is 14.9 Å². The summed E-state index contributed by atoms with van der Waals surface area (Å²) in [5, 5.41) is 6.99. The molecule has 30 heavy (non-hydrogen) atoms. The Bertz CT molecular complexity index is 644. The summed E-state index contributed by atoms with van der Waals surface area (Å²) in [7, 11) is 3.56. The number of nitrogens with zero attached hydrogens (tertiary/aromatic N) is 1. The van der Waals surface area contributed by atoms with E-state index in [-0.39, 0.29) is 29.4 Å². The van der Waals surface area contributed by atoms with Crippen molar-refractivity contribution in [2.24, 2.45) is 10.9 Å². The van der Waals surface area contributed by atoms with Crippen molar-refractivity contribution in [1.29, 1.82) is 0 Å². The van der Waals surface area contributed by atoms with E-state index in [0.29, 0.717) is 5.92 Å². The maximum Gasteiger partial charge on any atom is 0.191 e. The number of aliphatic imine (C=N–C) groups is 1. The Kier molecular flexibility index (Phi) is 11.2. The Morgan fingerprint density at radius 2 is 2.10 bits per heavy atom. The zero-order chi connectivity index (χ0) is 20.4. The highest BCUT2D eigenvalue weighted by Gasteiger charge is 2.36. The number of guanidine groups is 1. The van der Waals surface area contributed by atoms with Gasteiger partial charge in [0.05, 0.1) is 20.3 Å². The first kappa shape index (κ1) is 25.2. The molecule has 1 aliphatic carbocycles. The molecule has 2 N–H and O–H groups in total. The maximum atomic E-state index is 5.78. The van der Waals surface area contributed by atoms with Gasteiger partial charge in [-0.05, 0) is 43.4 Å². The van der Waals surface area contributed by atoms with Crippen LogP contribution in [0.15, 0.2) is 29.3 Å². The van der Waals surface area contributed by atoms with Crippen LogP contribution >= 0.6 is 24.0 Å². The van der Waals surface area contributed by atoms with Crippen molar-refractivity contribution in [3.8, 4) is 5.75 Å². The number of hydrogen-bond acceptors (Lipinski definition) is 4. The van der Waals surface area contributed by atoms with Gasteiger partial charge in [0.2, 0.25) is 0 Å². The van der Waals surface area contributed by atoms with Crippen molar-refractivity contribution in [1.82, 2.24) is 10.6 Å². The van der Waals surface area contributed by atoms with Gasteiger partial charge in [-0.2, -0.15) is 0 Å². The molecular formula is C23H38IN3O3. The molecule has 1 aromatic carbocycles. The molecule has 2 fully saturated rings. The number of ether oxygens (including phenoxy) is 3.